The Morgan fingerprint density at radius 2 is 2.20 bits per heavy atom. The van der Waals surface area contributed by atoms with Gasteiger partial charge in [-0.25, -0.2) is 4.98 Å². The van der Waals surface area contributed by atoms with Crippen LogP contribution in [0.15, 0.2) is 23.7 Å². The molecule has 5 heteroatoms. The van der Waals surface area contributed by atoms with Gasteiger partial charge in [-0.2, -0.15) is 0 Å². The van der Waals surface area contributed by atoms with E-state index in [1.165, 1.54) is 9.75 Å². The molecule has 0 N–H and O–H groups in total. The Balaban J connectivity index is 1.90. The third-order valence-electron chi connectivity index (χ3n) is 1.96. The number of hydrogen-bond donors (Lipinski definition) is 0. The van der Waals surface area contributed by atoms with E-state index >= 15 is 0 Å². The number of halogens is 1. The Bertz CT molecular complexity index is 411. The van der Waals surface area contributed by atoms with E-state index in [9.17, 15) is 0 Å². The van der Waals surface area contributed by atoms with Crippen LogP contribution in [0.2, 0.25) is 4.47 Å². The summed E-state index contributed by atoms with van der Waals surface area (Å²) in [7, 11) is 2.10. The van der Waals surface area contributed by atoms with Crippen molar-refractivity contribution in [1.82, 2.24) is 9.88 Å². The molecule has 0 unspecified atom stereocenters. The number of thiazole rings is 1. The van der Waals surface area contributed by atoms with Gasteiger partial charge < -0.3 is 0 Å². The first kappa shape index (κ1) is 11.1. The molecule has 2 heterocycles. The Hall–Kier alpha value is -0.420. The molecule has 80 valence electrons. The maximum atomic E-state index is 5.78. The highest BCUT2D eigenvalue weighted by atomic mass is 35.5. The quantitative estimate of drug-likeness (QED) is 0.835. The summed E-state index contributed by atoms with van der Waals surface area (Å²) in [5.74, 6) is 0. The molecule has 0 aliphatic heterocycles. The van der Waals surface area contributed by atoms with Gasteiger partial charge >= 0.3 is 0 Å². The Morgan fingerprint density at radius 3 is 2.80 bits per heavy atom. The van der Waals surface area contributed by atoms with Crippen molar-refractivity contribution in [2.75, 3.05) is 7.05 Å². The molecule has 2 rings (SSSR count). The topological polar surface area (TPSA) is 16.1 Å². The first-order chi connectivity index (χ1) is 7.24. The summed E-state index contributed by atoms with van der Waals surface area (Å²) in [5, 5.41) is 2.10. The monoisotopic (exact) mass is 258 g/mol. The van der Waals surface area contributed by atoms with Gasteiger partial charge in [0.2, 0.25) is 0 Å². The molecule has 2 aromatic heterocycles. The smallest absolute Gasteiger partial charge is 0.183 e. The van der Waals surface area contributed by atoms with Gasteiger partial charge in [-0.3, -0.25) is 4.90 Å². The van der Waals surface area contributed by atoms with Gasteiger partial charge in [0.05, 0.1) is 0 Å². The van der Waals surface area contributed by atoms with Crippen molar-refractivity contribution in [3.63, 3.8) is 0 Å². The van der Waals surface area contributed by atoms with Crippen LogP contribution in [0, 0.1) is 0 Å². The zero-order valence-electron chi connectivity index (χ0n) is 8.31. The predicted octanol–water partition coefficient (Wildman–Crippen LogP) is 3.49. The molecule has 0 aliphatic carbocycles. The lowest BCUT2D eigenvalue weighted by Crippen LogP contribution is -2.15. The maximum Gasteiger partial charge on any atom is 0.183 e. The number of aromatic nitrogens is 1. The van der Waals surface area contributed by atoms with Gasteiger partial charge in [-0.15, -0.1) is 22.7 Å². The zero-order chi connectivity index (χ0) is 10.7. The molecule has 0 atom stereocenters. The van der Waals surface area contributed by atoms with E-state index in [0.717, 1.165) is 13.1 Å². The van der Waals surface area contributed by atoms with Crippen LogP contribution in [0.4, 0.5) is 0 Å². The van der Waals surface area contributed by atoms with Crippen molar-refractivity contribution in [2.45, 2.75) is 13.1 Å². The molecule has 0 fully saturated rings. The standard InChI is InChI=1S/C10H11ClN2S2/c1-13(6-8-3-2-4-14-8)7-9-5-12-10(11)15-9/h2-5H,6-7H2,1H3. The fourth-order valence-corrected chi connectivity index (χ4v) is 3.19. The van der Waals surface area contributed by atoms with E-state index in [2.05, 4.69) is 34.4 Å². The van der Waals surface area contributed by atoms with Crippen LogP contribution in [0.3, 0.4) is 0 Å². The minimum absolute atomic E-state index is 0.620. The highest BCUT2D eigenvalue weighted by Gasteiger charge is 2.05. The molecular weight excluding hydrogens is 248 g/mol. The SMILES string of the molecule is CN(Cc1cccs1)Cc1cnc(Cl)s1. The van der Waals surface area contributed by atoms with Crippen molar-refractivity contribution in [1.29, 1.82) is 0 Å². The van der Waals surface area contributed by atoms with Crippen molar-refractivity contribution >= 4 is 34.3 Å². The normalized spacial score (nSPS) is 11.1. The molecule has 0 radical (unpaired) electrons. The van der Waals surface area contributed by atoms with E-state index in [1.54, 1.807) is 22.7 Å². The van der Waals surface area contributed by atoms with E-state index < -0.39 is 0 Å². The number of hydrogen-bond acceptors (Lipinski definition) is 4. The third-order valence-corrected chi connectivity index (χ3v) is 3.92. The molecule has 2 aromatic rings. The van der Waals surface area contributed by atoms with E-state index in [1.807, 2.05) is 6.20 Å². The van der Waals surface area contributed by atoms with Gasteiger partial charge in [0, 0.05) is 29.0 Å². The highest BCUT2D eigenvalue weighted by molar-refractivity contribution is 7.15. The van der Waals surface area contributed by atoms with Crippen LogP contribution in [-0.2, 0) is 13.1 Å². The molecule has 0 aromatic carbocycles. The Kier molecular flexibility index (Phi) is 3.75. The van der Waals surface area contributed by atoms with E-state index in [0.29, 0.717) is 4.47 Å². The summed E-state index contributed by atoms with van der Waals surface area (Å²) in [4.78, 5) is 8.88. The lowest BCUT2D eigenvalue weighted by atomic mass is 10.4. The van der Waals surface area contributed by atoms with Crippen molar-refractivity contribution in [2.24, 2.45) is 0 Å². The van der Waals surface area contributed by atoms with Crippen LogP contribution in [-0.4, -0.2) is 16.9 Å². The van der Waals surface area contributed by atoms with Crippen molar-refractivity contribution < 1.29 is 0 Å². The molecular formula is C10H11ClN2S2. The van der Waals surface area contributed by atoms with Gasteiger partial charge in [0.1, 0.15) is 0 Å². The van der Waals surface area contributed by atoms with Gasteiger partial charge in [-0.1, -0.05) is 17.7 Å². The summed E-state index contributed by atoms with van der Waals surface area (Å²) >= 11 is 9.11. The molecule has 0 saturated carbocycles. The molecule has 15 heavy (non-hydrogen) atoms. The lowest BCUT2D eigenvalue weighted by Gasteiger charge is -2.13. The average molecular weight is 259 g/mol. The molecule has 0 amide bonds. The van der Waals surface area contributed by atoms with E-state index in [4.69, 9.17) is 11.6 Å². The minimum atomic E-state index is 0.620. The Labute approximate surface area is 102 Å². The van der Waals surface area contributed by atoms with Gasteiger partial charge in [0.25, 0.3) is 0 Å². The second-order valence-electron chi connectivity index (χ2n) is 3.33. The minimum Gasteiger partial charge on any atom is -0.296 e. The number of nitrogens with zero attached hydrogens (tertiary/aromatic N) is 2. The molecule has 0 bridgehead atoms. The van der Waals surface area contributed by atoms with E-state index in [-0.39, 0.29) is 0 Å². The molecule has 0 spiro atoms. The first-order valence-electron chi connectivity index (χ1n) is 4.55. The highest BCUT2D eigenvalue weighted by Crippen LogP contribution is 2.20. The second-order valence-corrected chi connectivity index (χ2v) is 6.06. The number of rotatable bonds is 4. The van der Waals surface area contributed by atoms with Crippen LogP contribution in [0.25, 0.3) is 0 Å². The summed E-state index contributed by atoms with van der Waals surface area (Å²) in [6, 6.07) is 4.23. The van der Waals surface area contributed by atoms with Gasteiger partial charge in [-0.05, 0) is 18.5 Å². The predicted molar refractivity (Wildman–Crippen MR) is 66.6 cm³/mol. The lowest BCUT2D eigenvalue weighted by molar-refractivity contribution is 0.325. The fraction of sp³-hybridized carbons (Fsp3) is 0.300. The Morgan fingerprint density at radius 1 is 1.40 bits per heavy atom. The zero-order valence-corrected chi connectivity index (χ0v) is 10.7. The van der Waals surface area contributed by atoms with Crippen molar-refractivity contribution in [3.05, 3.63) is 37.9 Å². The first-order valence-corrected chi connectivity index (χ1v) is 6.62. The molecule has 0 aliphatic rings. The molecule has 2 nitrogen and oxygen atoms in total. The summed E-state index contributed by atoms with van der Waals surface area (Å²) < 4.78 is 0.620. The third kappa shape index (κ3) is 3.28. The van der Waals surface area contributed by atoms with Crippen molar-refractivity contribution in [3.8, 4) is 0 Å². The summed E-state index contributed by atoms with van der Waals surface area (Å²) in [6.07, 6.45) is 1.85. The van der Waals surface area contributed by atoms with Gasteiger partial charge in [0.15, 0.2) is 4.47 Å². The number of thiophene rings is 1. The maximum absolute atomic E-state index is 5.78. The van der Waals surface area contributed by atoms with Crippen LogP contribution >= 0.6 is 34.3 Å². The summed E-state index contributed by atoms with van der Waals surface area (Å²) in [5.41, 5.74) is 0. The van der Waals surface area contributed by atoms with Crippen LogP contribution in [0.1, 0.15) is 9.75 Å². The second kappa shape index (κ2) is 5.07. The molecule has 0 saturated heterocycles. The van der Waals surface area contributed by atoms with Crippen LogP contribution < -0.4 is 0 Å². The fourth-order valence-electron chi connectivity index (χ4n) is 1.35. The largest absolute Gasteiger partial charge is 0.296 e. The van der Waals surface area contributed by atoms with Crippen LogP contribution in [0.5, 0.6) is 0 Å². The summed E-state index contributed by atoms with van der Waals surface area (Å²) in [6.45, 7) is 1.88. The average Bonchev–Trinajstić information content (AvgIpc) is 2.77.